The molecule has 1 N–H and O–H groups in total. The first-order valence-electron chi connectivity index (χ1n) is 7.53. The maximum Gasteiger partial charge on any atom is 0.224 e. The molecule has 0 aliphatic carbocycles. The van der Waals surface area contributed by atoms with Gasteiger partial charge in [-0.2, -0.15) is 5.26 Å². The van der Waals surface area contributed by atoms with Crippen LogP contribution in [0.5, 0.6) is 0 Å². The summed E-state index contributed by atoms with van der Waals surface area (Å²) in [4.78, 5) is 16.5. The van der Waals surface area contributed by atoms with Crippen molar-refractivity contribution in [3.8, 4) is 6.07 Å². The van der Waals surface area contributed by atoms with Crippen molar-refractivity contribution in [1.82, 2.24) is 4.98 Å². The lowest BCUT2D eigenvalue weighted by molar-refractivity contribution is -0.116. The molecule has 1 heterocycles. The summed E-state index contributed by atoms with van der Waals surface area (Å²) >= 11 is 3.38. The topological polar surface area (TPSA) is 65.8 Å². The molecule has 1 aromatic heterocycles. The molecular weight excluding hydrogens is 338 g/mol. The van der Waals surface area contributed by atoms with Gasteiger partial charge in [-0.1, -0.05) is 23.9 Å². The molecule has 1 amide bonds. The number of nitrogens with zero attached hydrogens (tertiary/aromatic N) is 2. The molecule has 0 atom stereocenters. The average Bonchev–Trinajstić information content (AvgIpc) is 3.02. The van der Waals surface area contributed by atoms with Crippen molar-refractivity contribution in [2.45, 2.75) is 17.2 Å². The molecule has 0 aliphatic rings. The Labute approximate surface area is 148 Å². The van der Waals surface area contributed by atoms with Crippen molar-refractivity contribution in [2.24, 2.45) is 0 Å². The van der Waals surface area contributed by atoms with E-state index in [1.807, 2.05) is 18.2 Å². The van der Waals surface area contributed by atoms with E-state index in [0.29, 0.717) is 12.0 Å². The van der Waals surface area contributed by atoms with E-state index in [4.69, 9.17) is 5.26 Å². The minimum absolute atomic E-state index is 0.00962. The largest absolute Gasteiger partial charge is 0.326 e. The Kier molecular flexibility index (Phi) is 5.47. The molecule has 2 aromatic carbocycles. The average molecular weight is 353 g/mol. The number of aromatic nitrogens is 1. The Balaban J connectivity index is 1.42. The predicted octanol–water partition coefficient (Wildman–Crippen LogP) is 4.68. The predicted molar refractivity (Wildman–Crippen MR) is 99.4 cm³/mol. The molecule has 0 radical (unpaired) electrons. The van der Waals surface area contributed by atoms with Gasteiger partial charge in [-0.3, -0.25) is 4.79 Å². The lowest BCUT2D eigenvalue weighted by atomic mass is 10.2. The van der Waals surface area contributed by atoms with Gasteiger partial charge in [-0.05, 0) is 42.8 Å². The number of thioether (sulfide) groups is 1. The molecule has 6 heteroatoms. The number of carbonyl (C=O) groups is 1. The van der Waals surface area contributed by atoms with Crippen LogP contribution < -0.4 is 5.32 Å². The lowest BCUT2D eigenvalue weighted by Gasteiger charge is -2.04. The Hall–Kier alpha value is -2.36. The second-order valence-electron chi connectivity index (χ2n) is 5.14. The molecule has 0 bridgehead atoms. The number of rotatable bonds is 6. The first kappa shape index (κ1) is 16.5. The highest BCUT2D eigenvalue weighted by Crippen LogP contribution is 2.29. The Morgan fingerprint density at radius 1 is 1.21 bits per heavy atom. The highest BCUT2D eigenvalue weighted by atomic mass is 32.2. The lowest BCUT2D eigenvalue weighted by Crippen LogP contribution is -2.11. The monoisotopic (exact) mass is 353 g/mol. The van der Waals surface area contributed by atoms with Crippen LogP contribution in [0.1, 0.15) is 18.4 Å². The molecule has 3 rings (SSSR count). The Bertz CT molecular complexity index is 848. The third-order valence-electron chi connectivity index (χ3n) is 3.35. The number of thiazole rings is 1. The van der Waals surface area contributed by atoms with Gasteiger partial charge in [-0.15, -0.1) is 11.3 Å². The molecule has 3 aromatic rings. The van der Waals surface area contributed by atoms with E-state index in [1.54, 1.807) is 47.4 Å². The fraction of sp³-hybridized carbons (Fsp3) is 0.167. The molecule has 0 saturated carbocycles. The number of hydrogen-bond acceptors (Lipinski definition) is 5. The SMILES string of the molecule is N#Cc1ccc(NC(=O)CCCSc2nc3ccccc3s2)cc1. The zero-order valence-electron chi connectivity index (χ0n) is 12.9. The summed E-state index contributed by atoms with van der Waals surface area (Å²) in [5.74, 6) is 0.852. The summed E-state index contributed by atoms with van der Waals surface area (Å²) in [5, 5.41) is 11.6. The zero-order chi connectivity index (χ0) is 16.8. The number of anilines is 1. The van der Waals surface area contributed by atoms with Crippen LogP contribution in [-0.2, 0) is 4.79 Å². The van der Waals surface area contributed by atoms with Gasteiger partial charge in [0, 0.05) is 17.9 Å². The van der Waals surface area contributed by atoms with Gasteiger partial charge in [0.2, 0.25) is 5.91 Å². The molecular formula is C18H15N3OS2. The highest BCUT2D eigenvalue weighted by molar-refractivity contribution is 8.01. The summed E-state index contributed by atoms with van der Waals surface area (Å²) in [5.41, 5.74) is 2.33. The van der Waals surface area contributed by atoms with Crippen LogP contribution in [0.2, 0.25) is 0 Å². The standard InChI is InChI=1S/C18H15N3OS2/c19-12-13-7-9-14(10-8-13)20-17(22)6-3-11-23-18-21-15-4-1-2-5-16(15)24-18/h1-2,4-5,7-10H,3,6,11H2,(H,20,22). The van der Waals surface area contributed by atoms with E-state index in [0.717, 1.165) is 27.7 Å². The fourth-order valence-electron chi connectivity index (χ4n) is 2.16. The minimum Gasteiger partial charge on any atom is -0.326 e. The van der Waals surface area contributed by atoms with Crippen LogP contribution >= 0.6 is 23.1 Å². The maximum atomic E-state index is 11.9. The summed E-state index contributed by atoms with van der Waals surface area (Å²) in [6.07, 6.45) is 1.26. The maximum absolute atomic E-state index is 11.9. The van der Waals surface area contributed by atoms with Crippen LogP contribution in [0.15, 0.2) is 52.9 Å². The normalized spacial score (nSPS) is 10.5. The van der Waals surface area contributed by atoms with Gasteiger partial charge in [0.05, 0.1) is 21.8 Å². The van der Waals surface area contributed by atoms with Gasteiger partial charge < -0.3 is 5.32 Å². The van der Waals surface area contributed by atoms with Gasteiger partial charge in [0.25, 0.3) is 0 Å². The van der Waals surface area contributed by atoms with E-state index in [-0.39, 0.29) is 5.91 Å². The smallest absolute Gasteiger partial charge is 0.224 e. The quantitative estimate of drug-likeness (QED) is 0.516. The van der Waals surface area contributed by atoms with Crippen molar-refractivity contribution >= 4 is 44.9 Å². The third kappa shape index (κ3) is 4.34. The first-order valence-corrected chi connectivity index (χ1v) is 9.33. The molecule has 4 nitrogen and oxygen atoms in total. The molecule has 0 aliphatic heterocycles. The molecule has 0 spiro atoms. The second kappa shape index (κ2) is 7.95. The van der Waals surface area contributed by atoms with Gasteiger partial charge in [0.1, 0.15) is 0 Å². The van der Waals surface area contributed by atoms with Crippen LogP contribution in [0.25, 0.3) is 10.2 Å². The van der Waals surface area contributed by atoms with Gasteiger partial charge >= 0.3 is 0 Å². The third-order valence-corrected chi connectivity index (χ3v) is 5.61. The van der Waals surface area contributed by atoms with E-state index in [1.165, 1.54) is 4.70 Å². The minimum atomic E-state index is -0.00962. The zero-order valence-corrected chi connectivity index (χ0v) is 14.5. The number of benzene rings is 2. The molecule has 0 unspecified atom stereocenters. The van der Waals surface area contributed by atoms with Crippen LogP contribution in [-0.4, -0.2) is 16.6 Å². The van der Waals surface area contributed by atoms with E-state index < -0.39 is 0 Å². The van der Waals surface area contributed by atoms with E-state index >= 15 is 0 Å². The fourth-order valence-corrected chi connectivity index (χ4v) is 4.23. The molecule has 120 valence electrons. The van der Waals surface area contributed by atoms with E-state index in [2.05, 4.69) is 22.4 Å². The van der Waals surface area contributed by atoms with Gasteiger partial charge in [0.15, 0.2) is 4.34 Å². The van der Waals surface area contributed by atoms with Crippen LogP contribution in [0.3, 0.4) is 0 Å². The van der Waals surface area contributed by atoms with Crippen molar-refractivity contribution in [2.75, 3.05) is 11.1 Å². The summed E-state index contributed by atoms with van der Waals surface area (Å²) in [6.45, 7) is 0. The number of carbonyl (C=O) groups excluding carboxylic acids is 1. The van der Waals surface area contributed by atoms with Crippen molar-refractivity contribution in [3.05, 3.63) is 54.1 Å². The number of para-hydroxylation sites is 1. The molecule has 0 saturated heterocycles. The molecule has 0 fully saturated rings. The van der Waals surface area contributed by atoms with Gasteiger partial charge in [-0.25, -0.2) is 4.98 Å². The Morgan fingerprint density at radius 2 is 2.00 bits per heavy atom. The number of fused-ring (bicyclic) bond motifs is 1. The Morgan fingerprint density at radius 3 is 2.75 bits per heavy atom. The second-order valence-corrected chi connectivity index (χ2v) is 7.51. The first-order chi connectivity index (χ1) is 11.7. The summed E-state index contributed by atoms with van der Waals surface area (Å²) < 4.78 is 2.24. The molecule has 24 heavy (non-hydrogen) atoms. The number of nitriles is 1. The van der Waals surface area contributed by atoms with E-state index in [9.17, 15) is 4.79 Å². The van der Waals surface area contributed by atoms with Crippen molar-refractivity contribution in [3.63, 3.8) is 0 Å². The van der Waals surface area contributed by atoms with Crippen LogP contribution in [0, 0.1) is 11.3 Å². The van der Waals surface area contributed by atoms with Crippen molar-refractivity contribution in [1.29, 1.82) is 5.26 Å². The van der Waals surface area contributed by atoms with Crippen LogP contribution in [0.4, 0.5) is 5.69 Å². The number of amides is 1. The van der Waals surface area contributed by atoms with Crippen molar-refractivity contribution < 1.29 is 4.79 Å². The summed E-state index contributed by atoms with van der Waals surface area (Å²) in [6, 6.07) is 17.0. The highest BCUT2D eigenvalue weighted by Gasteiger charge is 2.06. The number of hydrogen-bond donors (Lipinski definition) is 1. The summed E-state index contributed by atoms with van der Waals surface area (Å²) in [7, 11) is 0. The number of nitrogens with one attached hydrogen (secondary N) is 1.